The van der Waals surface area contributed by atoms with E-state index >= 15 is 0 Å². The number of hydrogen-bond donors (Lipinski definition) is 2. The second kappa shape index (κ2) is 8.28. The first-order valence-electron chi connectivity index (χ1n) is 9.49. The lowest BCUT2D eigenvalue weighted by molar-refractivity contribution is -0.134. The van der Waals surface area contributed by atoms with E-state index in [4.69, 9.17) is 15.3 Å². The molecule has 3 N–H and O–H groups in total. The summed E-state index contributed by atoms with van der Waals surface area (Å²) in [4.78, 5) is 33.9. The maximum atomic E-state index is 12.4. The van der Waals surface area contributed by atoms with Gasteiger partial charge in [-0.3, -0.25) is 5.32 Å². The number of nitrogens with two attached hydrogens (primary N) is 1. The van der Waals surface area contributed by atoms with Crippen molar-refractivity contribution in [2.75, 3.05) is 36.1 Å². The number of rotatable bonds is 4. The highest BCUT2D eigenvalue weighted by molar-refractivity contribution is 7.16. The van der Waals surface area contributed by atoms with Gasteiger partial charge in [-0.2, -0.15) is 4.98 Å². The van der Waals surface area contributed by atoms with E-state index < -0.39 is 6.09 Å². The van der Waals surface area contributed by atoms with E-state index in [0.29, 0.717) is 30.3 Å². The summed E-state index contributed by atoms with van der Waals surface area (Å²) in [6.45, 7) is 5.17. The molecule has 30 heavy (non-hydrogen) atoms. The summed E-state index contributed by atoms with van der Waals surface area (Å²) < 4.78 is 5.12. The molecule has 2 unspecified atom stereocenters. The Labute approximate surface area is 177 Å². The summed E-state index contributed by atoms with van der Waals surface area (Å²) in [6, 6.07) is 6.97. The predicted octanol–water partition coefficient (Wildman–Crippen LogP) is 2.74. The minimum atomic E-state index is -0.541. The zero-order valence-corrected chi connectivity index (χ0v) is 17.7. The van der Waals surface area contributed by atoms with Crippen LogP contribution in [0.4, 0.5) is 22.2 Å². The van der Waals surface area contributed by atoms with Gasteiger partial charge in [-0.05, 0) is 38.1 Å². The molecule has 1 aliphatic rings. The second-order valence-corrected chi connectivity index (χ2v) is 7.79. The van der Waals surface area contributed by atoms with Crippen LogP contribution in [0.5, 0.6) is 5.75 Å². The molecule has 158 valence electrons. The van der Waals surface area contributed by atoms with Crippen LogP contribution in [-0.4, -0.2) is 58.4 Å². The highest BCUT2D eigenvalue weighted by Gasteiger charge is 2.35. The first-order valence-corrected chi connectivity index (χ1v) is 10.4. The van der Waals surface area contributed by atoms with E-state index in [0.717, 1.165) is 10.3 Å². The van der Waals surface area contributed by atoms with E-state index in [9.17, 15) is 4.79 Å². The number of amides is 1. The third-order valence-electron chi connectivity index (χ3n) is 5.21. The number of benzene rings is 1. The fraction of sp³-hybridized carbons (Fsp3) is 0.368. The quantitative estimate of drug-likeness (QED) is 0.645. The molecule has 1 fully saturated rings. The number of fused-ring (bicyclic) bond motifs is 1. The van der Waals surface area contributed by atoms with Gasteiger partial charge in [0.15, 0.2) is 10.6 Å². The van der Waals surface area contributed by atoms with Crippen molar-refractivity contribution in [1.29, 1.82) is 0 Å². The molecule has 1 amide bonds. The summed E-state index contributed by atoms with van der Waals surface area (Å²) in [5.74, 6) is 1.65. The number of aromatic nitrogens is 3. The Kier molecular flexibility index (Phi) is 5.55. The molecule has 0 bridgehead atoms. The second-order valence-electron chi connectivity index (χ2n) is 6.96. The summed E-state index contributed by atoms with van der Waals surface area (Å²) in [5.41, 5.74) is 8.99. The van der Waals surface area contributed by atoms with Crippen LogP contribution < -0.4 is 20.7 Å². The van der Waals surface area contributed by atoms with Crippen LogP contribution >= 0.6 is 11.3 Å². The van der Waals surface area contributed by atoms with Gasteiger partial charge < -0.3 is 20.2 Å². The monoisotopic (exact) mass is 429 g/mol. The molecule has 0 saturated carbocycles. The summed E-state index contributed by atoms with van der Waals surface area (Å²) >= 11 is 1.43. The largest absolute Gasteiger partial charge is 0.497 e. The predicted molar refractivity (Wildman–Crippen MR) is 116 cm³/mol. The van der Waals surface area contributed by atoms with Crippen LogP contribution in [0.25, 0.3) is 10.3 Å². The molecule has 4 rings (SSSR count). The van der Waals surface area contributed by atoms with Crippen molar-refractivity contribution in [2.45, 2.75) is 25.9 Å². The number of hydroxylamine groups is 2. The SMILES string of the molecule is COc1ccc(NC(=O)ON2CCN(c3nc(N)nc4scnc34)C(C)C2C)cc1. The van der Waals surface area contributed by atoms with Crippen molar-refractivity contribution >= 4 is 45.2 Å². The first kappa shape index (κ1) is 20.1. The van der Waals surface area contributed by atoms with Gasteiger partial charge in [0.2, 0.25) is 5.95 Å². The molecular weight excluding hydrogens is 406 g/mol. The number of anilines is 3. The molecule has 1 saturated heterocycles. The zero-order valence-electron chi connectivity index (χ0n) is 16.9. The van der Waals surface area contributed by atoms with Gasteiger partial charge in [0, 0.05) is 18.3 Å². The Balaban J connectivity index is 1.43. The van der Waals surface area contributed by atoms with Gasteiger partial charge in [-0.15, -0.1) is 16.4 Å². The molecule has 3 aromatic rings. The molecular formula is C19H23N7O3S. The summed E-state index contributed by atoms with van der Waals surface area (Å²) in [7, 11) is 1.59. The van der Waals surface area contributed by atoms with Crippen molar-refractivity contribution < 1.29 is 14.4 Å². The molecule has 1 aliphatic heterocycles. The smallest absolute Gasteiger partial charge is 0.430 e. The first-order chi connectivity index (χ1) is 14.5. The lowest BCUT2D eigenvalue weighted by Gasteiger charge is -2.43. The summed E-state index contributed by atoms with van der Waals surface area (Å²) in [5, 5.41) is 4.41. The number of nitrogens with one attached hydrogen (secondary N) is 1. The highest BCUT2D eigenvalue weighted by Crippen LogP contribution is 2.30. The van der Waals surface area contributed by atoms with Crippen LogP contribution in [0.15, 0.2) is 29.8 Å². The third kappa shape index (κ3) is 3.94. The fourth-order valence-corrected chi connectivity index (χ4v) is 4.09. The van der Waals surface area contributed by atoms with Crippen molar-refractivity contribution in [3.8, 4) is 5.75 Å². The Morgan fingerprint density at radius 1 is 1.20 bits per heavy atom. The molecule has 1 aromatic carbocycles. The van der Waals surface area contributed by atoms with Crippen molar-refractivity contribution in [3.63, 3.8) is 0 Å². The normalized spacial score (nSPS) is 19.6. The average molecular weight is 430 g/mol. The van der Waals surface area contributed by atoms with Gasteiger partial charge >= 0.3 is 6.09 Å². The average Bonchev–Trinajstić information content (AvgIpc) is 3.20. The third-order valence-corrected chi connectivity index (χ3v) is 5.93. The van der Waals surface area contributed by atoms with Gasteiger partial charge in [0.05, 0.1) is 25.2 Å². The molecule has 0 aliphatic carbocycles. The van der Waals surface area contributed by atoms with Gasteiger partial charge in [-0.1, -0.05) is 0 Å². The highest BCUT2D eigenvalue weighted by atomic mass is 32.1. The minimum absolute atomic E-state index is 0.00624. The number of methoxy groups -OCH3 is 1. The molecule has 2 aromatic heterocycles. The number of hydrogen-bond acceptors (Lipinski definition) is 10. The van der Waals surface area contributed by atoms with Gasteiger partial charge in [0.1, 0.15) is 11.3 Å². The maximum absolute atomic E-state index is 12.4. The number of thiazole rings is 1. The molecule has 11 heteroatoms. The van der Waals surface area contributed by atoms with Crippen LogP contribution in [0.3, 0.4) is 0 Å². The molecule has 0 spiro atoms. The Morgan fingerprint density at radius 3 is 2.70 bits per heavy atom. The van der Waals surface area contributed by atoms with Crippen LogP contribution in [0.2, 0.25) is 0 Å². The number of piperazine rings is 1. The topological polar surface area (TPSA) is 119 Å². The van der Waals surface area contributed by atoms with Gasteiger partial charge in [-0.25, -0.2) is 14.8 Å². The van der Waals surface area contributed by atoms with Crippen molar-refractivity contribution in [1.82, 2.24) is 20.0 Å². The Morgan fingerprint density at radius 2 is 1.97 bits per heavy atom. The Hall–Kier alpha value is -3.18. The van der Waals surface area contributed by atoms with Crippen LogP contribution in [0, 0.1) is 0 Å². The minimum Gasteiger partial charge on any atom is -0.497 e. The van der Waals surface area contributed by atoms with E-state index in [-0.39, 0.29) is 18.0 Å². The van der Waals surface area contributed by atoms with E-state index in [1.165, 1.54) is 11.3 Å². The standard InChI is InChI=1S/C19H23N7O3S/c1-11-12(2)26(29-19(27)22-13-4-6-14(28-3)7-5-13)9-8-25(11)16-15-17(30-10-21-15)24-18(20)23-16/h4-7,10-12H,8-9H2,1-3H3,(H,22,27)(H2,20,23,24). The lowest BCUT2D eigenvalue weighted by atomic mass is 10.1. The number of ether oxygens (including phenoxy) is 1. The van der Waals surface area contributed by atoms with Crippen molar-refractivity contribution in [3.05, 3.63) is 29.8 Å². The molecule has 2 atom stereocenters. The van der Waals surface area contributed by atoms with E-state index in [1.54, 1.807) is 41.9 Å². The lowest BCUT2D eigenvalue weighted by Crippen LogP contribution is -2.58. The van der Waals surface area contributed by atoms with E-state index in [2.05, 4.69) is 32.1 Å². The molecule has 3 heterocycles. The van der Waals surface area contributed by atoms with Gasteiger partial charge in [0.25, 0.3) is 0 Å². The number of nitrogen functional groups attached to an aromatic ring is 1. The Bertz CT molecular complexity index is 1040. The maximum Gasteiger partial charge on any atom is 0.430 e. The number of carbonyl (C=O) groups excluding carboxylic acids is 1. The van der Waals surface area contributed by atoms with Crippen LogP contribution in [-0.2, 0) is 4.84 Å². The van der Waals surface area contributed by atoms with Crippen molar-refractivity contribution in [2.24, 2.45) is 0 Å². The number of carbonyl (C=O) groups is 1. The molecule has 0 radical (unpaired) electrons. The van der Waals surface area contributed by atoms with Crippen LogP contribution in [0.1, 0.15) is 13.8 Å². The van der Waals surface area contributed by atoms with E-state index in [1.807, 2.05) is 6.92 Å². The fourth-order valence-electron chi connectivity index (χ4n) is 3.43. The molecule has 10 nitrogen and oxygen atoms in total. The zero-order chi connectivity index (χ0) is 21.3. The number of nitrogens with zero attached hydrogens (tertiary/aromatic N) is 5. The summed E-state index contributed by atoms with van der Waals surface area (Å²) in [6.07, 6.45) is -0.541.